The fraction of sp³-hybridized carbons (Fsp3) is 0.118. The maximum Gasteiger partial charge on any atom is 0.243 e. The molecule has 0 aliphatic heterocycles. The molecule has 0 saturated carbocycles. The number of benzene rings is 2. The highest BCUT2D eigenvalue weighted by Crippen LogP contribution is 2.27. The number of hydrogen-bond donors (Lipinski definition) is 1. The molecule has 2 aromatic carbocycles. The lowest BCUT2D eigenvalue weighted by molar-refractivity contribution is 0.297. The molecule has 6 aromatic heterocycles. The summed E-state index contributed by atoms with van der Waals surface area (Å²) in [6, 6.07) is 25.0. The first-order chi connectivity index (χ1) is 23.7. The minimum atomic E-state index is 0.367. The third-order valence-electron chi connectivity index (χ3n) is 7.05. The minimum absolute atomic E-state index is 0.367. The predicted molar refractivity (Wildman–Crippen MR) is 192 cm³/mol. The van der Waals surface area contributed by atoms with Gasteiger partial charge in [-0.25, -0.2) is 19.9 Å². The Morgan fingerprint density at radius 3 is 1.86 bits per heavy atom. The van der Waals surface area contributed by atoms with E-state index < -0.39 is 0 Å². The van der Waals surface area contributed by atoms with Crippen LogP contribution in [0.1, 0.15) is 11.1 Å². The molecule has 0 bridgehead atoms. The molecule has 0 radical (unpaired) electrons. The molecule has 0 saturated heterocycles. The first-order valence-corrected chi connectivity index (χ1v) is 16.2. The normalized spacial score (nSPS) is 10.8. The van der Waals surface area contributed by atoms with Gasteiger partial charge in [-0.1, -0.05) is 107 Å². The van der Waals surface area contributed by atoms with Crippen molar-refractivity contribution in [2.45, 2.75) is 13.2 Å². The van der Waals surface area contributed by atoms with Crippen molar-refractivity contribution in [1.29, 1.82) is 0 Å². The van der Waals surface area contributed by atoms with E-state index in [-0.39, 0.29) is 0 Å². The molecule has 49 heavy (non-hydrogen) atoms. The van der Waals surface area contributed by atoms with Crippen LogP contribution in [-0.4, -0.2) is 44.0 Å². The van der Waals surface area contributed by atoms with Crippen LogP contribution in [0.25, 0.3) is 33.1 Å². The molecule has 15 heteroatoms. The van der Waals surface area contributed by atoms with Crippen LogP contribution in [0.4, 0.5) is 0 Å². The summed E-state index contributed by atoms with van der Waals surface area (Å²) < 4.78 is 15.1. The van der Waals surface area contributed by atoms with E-state index in [1.165, 1.54) is 0 Å². The van der Waals surface area contributed by atoms with Gasteiger partial charge in [0.1, 0.15) is 34.2 Å². The molecule has 0 amide bonds. The maximum absolute atomic E-state index is 6.00. The molecule has 0 aliphatic rings. The monoisotopic (exact) mass is 733 g/mol. The lowest BCUT2D eigenvalue weighted by Crippen LogP contribution is -1.98. The highest BCUT2D eigenvalue weighted by molar-refractivity contribution is 6.36. The Labute approximate surface area is 300 Å². The van der Waals surface area contributed by atoms with Crippen LogP contribution in [0.15, 0.2) is 97.8 Å². The number of fused-ring (bicyclic) bond motifs is 3. The predicted octanol–water partition coefficient (Wildman–Crippen LogP) is 8.67. The van der Waals surface area contributed by atoms with Gasteiger partial charge in [-0.05, 0) is 11.1 Å². The van der Waals surface area contributed by atoms with Crippen molar-refractivity contribution in [3.8, 4) is 11.8 Å². The summed E-state index contributed by atoms with van der Waals surface area (Å²) in [6.45, 7) is 0.885. The van der Waals surface area contributed by atoms with Gasteiger partial charge in [0.15, 0.2) is 16.2 Å². The molecule has 0 unspecified atom stereocenters. The number of pyridine rings is 3. The van der Waals surface area contributed by atoms with Crippen LogP contribution in [0.5, 0.6) is 11.8 Å². The van der Waals surface area contributed by atoms with Crippen LogP contribution >= 0.6 is 46.4 Å². The zero-order valence-corrected chi connectivity index (χ0v) is 29.1. The zero-order chi connectivity index (χ0) is 34.3. The lowest BCUT2D eigenvalue weighted by Gasteiger charge is -2.06. The molecule has 8 rings (SSSR count). The number of halogens is 4. The van der Waals surface area contributed by atoms with Crippen molar-refractivity contribution in [2.24, 2.45) is 14.1 Å². The molecule has 248 valence electrons. The Balaban J connectivity index is 0.000000131. The van der Waals surface area contributed by atoms with Crippen LogP contribution in [0, 0.1) is 0 Å². The summed E-state index contributed by atoms with van der Waals surface area (Å²) >= 11 is 23.5. The maximum atomic E-state index is 6.00. The third-order valence-corrected chi connectivity index (χ3v) is 7.90. The molecule has 0 aliphatic carbocycles. The molecule has 0 fully saturated rings. The van der Waals surface area contributed by atoms with Crippen LogP contribution < -0.4 is 9.47 Å². The van der Waals surface area contributed by atoms with Crippen molar-refractivity contribution in [2.75, 3.05) is 0 Å². The summed E-state index contributed by atoms with van der Waals surface area (Å²) in [5.74, 6) is 0.912. The zero-order valence-electron chi connectivity index (χ0n) is 26.1. The number of H-pyrrole nitrogens is 1. The van der Waals surface area contributed by atoms with E-state index in [1.54, 1.807) is 41.7 Å². The van der Waals surface area contributed by atoms with E-state index in [9.17, 15) is 0 Å². The topological polar surface area (TPSA) is 121 Å². The lowest BCUT2D eigenvalue weighted by atomic mass is 10.2. The number of aromatic nitrogens is 9. The average molecular weight is 735 g/mol. The Kier molecular flexibility index (Phi) is 10.8. The Morgan fingerprint density at radius 1 is 0.633 bits per heavy atom. The number of ether oxygens (including phenoxy) is 2. The number of aryl methyl sites for hydroxylation is 2. The Bertz CT molecular complexity index is 2330. The van der Waals surface area contributed by atoms with Gasteiger partial charge in [0, 0.05) is 32.3 Å². The minimum Gasteiger partial charge on any atom is -0.471 e. The molecular formula is C34H27Cl4N9O2. The number of nitrogens with zero attached hydrogens (tertiary/aromatic N) is 8. The van der Waals surface area contributed by atoms with E-state index >= 15 is 0 Å². The van der Waals surface area contributed by atoms with E-state index in [4.69, 9.17) is 55.9 Å². The van der Waals surface area contributed by atoms with Crippen molar-refractivity contribution in [1.82, 2.24) is 44.0 Å². The number of rotatable bonds is 6. The summed E-state index contributed by atoms with van der Waals surface area (Å²) in [4.78, 5) is 27.8. The van der Waals surface area contributed by atoms with Crippen molar-refractivity contribution in [3.05, 3.63) is 130 Å². The van der Waals surface area contributed by atoms with Crippen LogP contribution in [-0.2, 0) is 27.3 Å². The van der Waals surface area contributed by atoms with E-state index in [2.05, 4.69) is 34.9 Å². The largest absolute Gasteiger partial charge is 0.471 e. The van der Waals surface area contributed by atoms with Gasteiger partial charge in [-0.3, -0.25) is 0 Å². The molecule has 0 atom stereocenters. The summed E-state index contributed by atoms with van der Waals surface area (Å²) in [6.07, 6.45) is 4.99. The Hall–Kier alpha value is -4.94. The van der Waals surface area contributed by atoms with Gasteiger partial charge < -0.3 is 23.6 Å². The first-order valence-electron chi connectivity index (χ1n) is 14.7. The van der Waals surface area contributed by atoms with Crippen molar-refractivity contribution < 1.29 is 9.47 Å². The second-order valence-corrected chi connectivity index (χ2v) is 12.0. The van der Waals surface area contributed by atoms with E-state index in [0.717, 1.165) is 38.7 Å². The molecular weight excluding hydrogens is 708 g/mol. The fourth-order valence-electron chi connectivity index (χ4n) is 4.71. The first kappa shape index (κ1) is 33.9. The highest BCUT2D eigenvalue weighted by Gasteiger charge is 2.12. The molecule has 1 N–H and O–H groups in total. The number of imidazole rings is 3. The quantitative estimate of drug-likeness (QED) is 0.169. The highest BCUT2D eigenvalue weighted by atomic mass is 35.5. The summed E-state index contributed by atoms with van der Waals surface area (Å²) in [5, 5.41) is 1.54. The summed E-state index contributed by atoms with van der Waals surface area (Å²) in [7, 11) is 3.77. The second-order valence-electron chi connectivity index (χ2n) is 10.5. The van der Waals surface area contributed by atoms with E-state index in [1.807, 2.05) is 79.3 Å². The number of hydrogen-bond acceptors (Lipinski definition) is 8. The SMILES string of the molecule is Clc1cc2[nH]cnc2c(OCc2ccccc2)n1.Cn1cnc2c(OCc3ccccc3)nc(Cl)cc21.Cn1cnc2cc(Cl)nc(Cl)c21. The smallest absolute Gasteiger partial charge is 0.243 e. The van der Waals surface area contributed by atoms with Gasteiger partial charge in [0.05, 0.1) is 35.5 Å². The van der Waals surface area contributed by atoms with Crippen molar-refractivity contribution in [3.63, 3.8) is 0 Å². The van der Waals surface area contributed by atoms with Gasteiger partial charge in [-0.15, -0.1) is 0 Å². The molecule has 6 heterocycles. The van der Waals surface area contributed by atoms with E-state index in [0.29, 0.717) is 51.1 Å². The fourth-order valence-corrected chi connectivity index (χ4v) is 5.62. The van der Waals surface area contributed by atoms with Gasteiger partial charge in [0.2, 0.25) is 11.8 Å². The van der Waals surface area contributed by atoms with Gasteiger partial charge >= 0.3 is 0 Å². The number of nitrogens with one attached hydrogen (secondary N) is 1. The van der Waals surface area contributed by atoms with Gasteiger partial charge in [-0.2, -0.15) is 9.97 Å². The summed E-state index contributed by atoms with van der Waals surface area (Å²) in [5.41, 5.74) is 6.86. The molecule has 8 aromatic rings. The molecule has 11 nitrogen and oxygen atoms in total. The van der Waals surface area contributed by atoms with Crippen LogP contribution in [0.3, 0.4) is 0 Å². The standard InChI is InChI=1S/C14H12ClN3O.C13H10ClN3O.C7H5Cl2N3/c1-18-9-16-13-11(18)7-12(15)17-14(13)19-8-10-5-3-2-4-6-10;14-11-6-10-12(16-8-15-10)13(17-11)18-7-9-4-2-1-3-5-9;1-12-3-10-4-2-5(8)11-7(9)6(4)12/h2-7,9H,8H2,1H3;1-6,8H,7H2,(H,15,16);2-3H,1H3. The molecule has 0 spiro atoms. The third kappa shape index (κ3) is 8.38. The number of aromatic amines is 1. The Morgan fingerprint density at radius 2 is 1.20 bits per heavy atom. The second kappa shape index (κ2) is 15.5. The van der Waals surface area contributed by atoms with Crippen molar-refractivity contribution >= 4 is 79.5 Å². The van der Waals surface area contributed by atoms with Crippen LogP contribution in [0.2, 0.25) is 20.6 Å². The average Bonchev–Trinajstić information content (AvgIpc) is 3.83. The van der Waals surface area contributed by atoms with Gasteiger partial charge in [0.25, 0.3) is 0 Å².